The summed E-state index contributed by atoms with van der Waals surface area (Å²) in [4.78, 5) is 19.4. The molecule has 2 aromatic rings. The van der Waals surface area contributed by atoms with Crippen molar-refractivity contribution in [1.82, 2.24) is 15.2 Å². The van der Waals surface area contributed by atoms with E-state index in [1.54, 1.807) is 6.20 Å². The zero-order valence-corrected chi connectivity index (χ0v) is 11.0. The Morgan fingerprint density at radius 3 is 2.35 bits per heavy atom. The van der Waals surface area contributed by atoms with Crippen LogP contribution in [0.2, 0.25) is 0 Å². The number of nitrogens with zero attached hydrogens (tertiary/aromatic N) is 4. The van der Waals surface area contributed by atoms with E-state index < -0.39 is 5.69 Å². The predicted octanol–water partition coefficient (Wildman–Crippen LogP) is 0.0737. The van der Waals surface area contributed by atoms with Crippen LogP contribution in [0.1, 0.15) is 0 Å². The minimum Gasteiger partial charge on any atom is -0.399 e. The van der Waals surface area contributed by atoms with Gasteiger partial charge in [-0.05, 0) is 24.3 Å². The van der Waals surface area contributed by atoms with Gasteiger partial charge in [-0.25, -0.2) is 9.89 Å². The third-order valence-corrected chi connectivity index (χ3v) is 3.42. The van der Waals surface area contributed by atoms with Gasteiger partial charge in [0.1, 0.15) is 0 Å². The number of nitrogens with two attached hydrogens (primary N) is 1. The minimum atomic E-state index is -0.413. The van der Waals surface area contributed by atoms with E-state index in [9.17, 15) is 4.79 Å². The molecular formula is C13H16N6O. The van der Waals surface area contributed by atoms with E-state index in [0.717, 1.165) is 37.6 Å². The SMILES string of the molecule is Nc1ccc(N2CCN(c3cn[nH]c(=O)n3)CC2)cc1. The molecule has 104 valence electrons. The fourth-order valence-electron chi connectivity index (χ4n) is 2.33. The lowest BCUT2D eigenvalue weighted by Crippen LogP contribution is -2.47. The molecule has 0 spiro atoms. The average Bonchev–Trinajstić information content (AvgIpc) is 2.48. The maximum absolute atomic E-state index is 11.2. The van der Waals surface area contributed by atoms with Crippen molar-refractivity contribution in [3.63, 3.8) is 0 Å². The van der Waals surface area contributed by atoms with E-state index in [4.69, 9.17) is 5.73 Å². The summed E-state index contributed by atoms with van der Waals surface area (Å²) in [7, 11) is 0. The van der Waals surface area contributed by atoms with Gasteiger partial charge in [0.15, 0.2) is 5.82 Å². The van der Waals surface area contributed by atoms with Crippen LogP contribution in [0, 0.1) is 0 Å². The van der Waals surface area contributed by atoms with Crippen LogP contribution in [0.5, 0.6) is 0 Å². The number of benzene rings is 1. The summed E-state index contributed by atoms with van der Waals surface area (Å²) >= 11 is 0. The molecule has 0 atom stereocenters. The third-order valence-electron chi connectivity index (χ3n) is 3.42. The molecule has 0 saturated carbocycles. The molecule has 0 bridgehead atoms. The van der Waals surface area contributed by atoms with Crippen molar-refractivity contribution < 1.29 is 0 Å². The lowest BCUT2D eigenvalue weighted by Gasteiger charge is -2.36. The number of hydrogen-bond acceptors (Lipinski definition) is 6. The summed E-state index contributed by atoms with van der Waals surface area (Å²) in [6.07, 6.45) is 1.58. The summed E-state index contributed by atoms with van der Waals surface area (Å²) in [5.74, 6) is 0.630. The summed E-state index contributed by atoms with van der Waals surface area (Å²) < 4.78 is 0. The number of aromatic amines is 1. The number of H-pyrrole nitrogens is 1. The smallest absolute Gasteiger partial charge is 0.363 e. The van der Waals surface area contributed by atoms with Gasteiger partial charge < -0.3 is 15.5 Å². The number of aromatic nitrogens is 3. The molecule has 1 aromatic carbocycles. The fourth-order valence-corrected chi connectivity index (χ4v) is 2.33. The normalized spacial score (nSPS) is 15.4. The van der Waals surface area contributed by atoms with E-state index in [1.165, 1.54) is 0 Å². The summed E-state index contributed by atoms with van der Waals surface area (Å²) in [5.41, 5.74) is 7.21. The minimum absolute atomic E-state index is 0.413. The Morgan fingerprint density at radius 2 is 1.70 bits per heavy atom. The Balaban J connectivity index is 1.67. The van der Waals surface area contributed by atoms with E-state index in [1.807, 2.05) is 24.3 Å². The largest absolute Gasteiger partial charge is 0.399 e. The van der Waals surface area contributed by atoms with Gasteiger partial charge in [-0.3, -0.25) is 0 Å². The van der Waals surface area contributed by atoms with Crippen molar-refractivity contribution in [2.24, 2.45) is 0 Å². The van der Waals surface area contributed by atoms with Crippen LogP contribution in [0.3, 0.4) is 0 Å². The molecule has 2 heterocycles. The number of nitrogen functional groups attached to an aromatic ring is 1. The van der Waals surface area contributed by atoms with Crippen molar-refractivity contribution in [2.75, 3.05) is 41.7 Å². The van der Waals surface area contributed by atoms with Crippen molar-refractivity contribution in [3.05, 3.63) is 40.9 Å². The molecule has 3 N–H and O–H groups in total. The van der Waals surface area contributed by atoms with Crippen molar-refractivity contribution in [2.45, 2.75) is 0 Å². The maximum atomic E-state index is 11.2. The van der Waals surface area contributed by atoms with E-state index >= 15 is 0 Å². The van der Waals surface area contributed by atoms with Gasteiger partial charge in [0.25, 0.3) is 0 Å². The van der Waals surface area contributed by atoms with Crippen LogP contribution in [-0.2, 0) is 0 Å². The Kier molecular flexibility index (Phi) is 3.24. The predicted molar refractivity (Wildman–Crippen MR) is 77.9 cm³/mol. The monoisotopic (exact) mass is 272 g/mol. The zero-order chi connectivity index (χ0) is 13.9. The number of rotatable bonds is 2. The second kappa shape index (κ2) is 5.20. The highest BCUT2D eigenvalue weighted by Gasteiger charge is 2.18. The second-order valence-electron chi connectivity index (χ2n) is 4.71. The molecule has 1 aliphatic heterocycles. The Morgan fingerprint density at radius 1 is 1.05 bits per heavy atom. The number of anilines is 3. The quantitative estimate of drug-likeness (QED) is 0.752. The molecule has 20 heavy (non-hydrogen) atoms. The van der Waals surface area contributed by atoms with Crippen LogP contribution in [0.4, 0.5) is 17.2 Å². The molecule has 3 rings (SSSR count). The zero-order valence-electron chi connectivity index (χ0n) is 11.0. The van der Waals surface area contributed by atoms with E-state index in [0.29, 0.717) is 5.82 Å². The number of nitrogens with one attached hydrogen (secondary N) is 1. The molecule has 0 amide bonds. The molecule has 1 saturated heterocycles. The number of piperazine rings is 1. The second-order valence-corrected chi connectivity index (χ2v) is 4.71. The Bertz CT molecular complexity index is 630. The molecular weight excluding hydrogens is 256 g/mol. The van der Waals surface area contributed by atoms with Gasteiger partial charge in [0.2, 0.25) is 0 Å². The average molecular weight is 272 g/mol. The first-order valence-electron chi connectivity index (χ1n) is 6.49. The van der Waals surface area contributed by atoms with Crippen LogP contribution in [0.25, 0.3) is 0 Å². The highest BCUT2D eigenvalue weighted by atomic mass is 16.1. The van der Waals surface area contributed by atoms with Crippen LogP contribution >= 0.6 is 0 Å². The number of hydrogen-bond donors (Lipinski definition) is 2. The highest BCUT2D eigenvalue weighted by molar-refractivity contribution is 5.54. The molecule has 0 aliphatic carbocycles. The third kappa shape index (κ3) is 2.56. The Hall–Kier alpha value is -2.57. The van der Waals surface area contributed by atoms with Gasteiger partial charge >= 0.3 is 5.69 Å². The van der Waals surface area contributed by atoms with E-state index in [2.05, 4.69) is 25.0 Å². The van der Waals surface area contributed by atoms with Crippen LogP contribution < -0.4 is 21.2 Å². The van der Waals surface area contributed by atoms with Gasteiger partial charge in [-0.1, -0.05) is 0 Å². The highest BCUT2D eigenvalue weighted by Crippen LogP contribution is 2.19. The van der Waals surface area contributed by atoms with Crippen LogP contribution in [0.15, 0.2) is 35.3 Å². The first-order valence-corrected chi connectivity index (χ1v) is 6.49. The molecule has 7 heteroatoms. The fraction of sp³-hybridized carbons (Fsp3) is 0.308. The van der Waals surface area contributed by atoms with Crippen molar-refractivity contribution in [3.8, 4) is 0 Å². The molecule has 1 aromatic heterocycles. The maximum Gasteiger partial charge on any atom is 0.363 e. The topological polar surface area (TPSA) is 91.1 Å². The van der Waals surface area contributed by atoms with Crippen molar-refractivity contribution in [1.29, 1.82) is 0 Å². The Labute approximate surface area is 116 Å². The van der Waals surface area contributed by atoms with Crippen LogP contribution in [-0.4, -0.2) is 41.4 Å². The first kappa shape index (κ1) is 12.5. The van der Waals surface area contributed by atoms with Gasteiger partial charge in [-0.15, -0.1) is 0 Å². The van der Waals surface area contributed by atoms with E-state index in [-0.39, 0.29) is 0 Å². The molecule has 1 aliphatic rings. The molecule has 0 radical (unpaired) electrons. The first-order chi connectivity index (χ1) is 9.72. The summed E-state index contributed by atoms with van der Waals surface area (Å²) in [5, 5.41) is 6.06. The van der Waals surface area contributed by atoms with Gasteiger partial charge in [0.05, 0.1) is 6.20 Å². The lowest BCUT2D eigenvalue weighted by molar-refractivity contribution is 0.642. The summed E-state index contributed by atoms with van der Waals surface area (Å²) in [6.45, 7) is 3.36. The molecule has 0 unspecified atom stereocenters. The molecule has 7 nitrogen and oxygen atoms in total. The van der Waals surface area contributed by atoms with Gasteiger partial charge in [0, 0.05) is 37.6 Å². The van der Waals surface area contributed by atoms with Crippen molar-refractivity contribution >= 4 is 17.2 Å². The molecule has 1 fully saturated rings. The summed E-state index contributed by atoms with van der Waals surface area (Å²) in [6, 6.07) is 7.86. The van der Waals surface area contributed by atoms with Gasteiger partial charge in [-0.2, -0.15) is 10.1 Å². The standard InChI is InChI=1S/C13H16N6O/c14-10-1-3-11(4-2-10)18-5-7-19(8-6-18)12-9-15-17-13(20)16-12/h1-4,9H,5-8,14H2,(H,16,17,20). The lowest BCUT2D eigenvalue weighted by atomic mass is 10.2.